The molecule has 0 unspecified atom stereocenters. The van der Waals surface area contributed by atoms with Gasteiger partial charge in [-0.15, -0.1) is 0 Å². The topological polar surface area (TPSA) is 96.0 Å². The van der Waals surface area contributed by atoms with E-state index in [1.54, 1.807) is 23.1 Å². The van der Waals surface area contributed by atoms with Crippen molar-refractivity contribution in [2.75, 3.05) is 26.7 Å². The Balaban J connectivity index is 1.56. The lowest BCUT2D eigenvalue weighted by atomic mass is 10.1. The molecule has 0 radical (unpaired) electrons. The van der Waals surface area contributed by atoms with Gasteiger partial charge in [0.15, 0.2) is 0 Å². The van der Waals surface area contributed by atoms with Crippen molar-refractivity contribution in [2.24, 2.45) is 0 Å². The van der Waals surface area contributed by atoms with E-state index in [2.05, 4.69) is 26.0 Å². The Labute approximate surface area is 158 Å². The summed E-state index contributed by atoms with van der Waals surface area (Å²) in [5, 5.41) is 2.83. The number of carbonyl (C=O) groups excluding carboxylic acids is 4. The lowest BCUT2D eigenvalue weighted by molar-refractivity contribution is -0.122. The van der Waals surface area contributed by atoms with E-state index in [1.807, 2.05) is 0 Å². The number of rotatable bonds is 3. The van der Waals surface area contributed by atoms with Crippen molar-refractivity contribution in [3.63, 3.8) is 0 Å². The van der Waals surface area contributed by atoms with E-state index < -0.39 is 17.7 Å². The van der Waals surface area contributed by atoms with E-state index in [-0.39, 0.29) is 18.7 Å². The molecule has 0 aromatic heterocycles. The van der Waals surface area contributed by atoms with Crippen molar-refractivity contribution in [3.8, 4) is 0 Å². The highest BCUT2D eigenvalue weighted by atomic mass is 79.9. The van der Waals surface area contributed by atoms with E-state index in [0.717, 1.165) is 4.90 Å². The van der Waals surface area contributed by atoms with Gasteiger partial charge in [0, 0.05) is 23.6 Å². The third-order valence-electron chi connectivity index (χ3n) is 4.53. The van der Waals surface area contributed by atoms with Gasteiger partial charge in [-0.3, -0.25) is 19.3 Å². The first-order valence-electron chi connectivity index (χ1n) is 8.18. The lowest BCUT2D eigenvalue weighted by Crippen LogP contribution is -2.49. The maximum Gasteiger partial charge on any atom is 0.409 e. The average Bonchev–Trinajstić information content (AvgIpc) is 2.86. The lowest BCUT2D eigenvalue weighted by Gasteiger charge is -2.31. The minimum atomic E-state index is -0.470. The van der Waals surface area contributed by atoms with Gasteiger partial charge in [-0.05, 0) is 31.0 Å². The number of halogens is 1. The van der Waals surface area contributed by atoms with Crippen LogP contribution in [0.3, 0.4) is 0 Å². The van der Waals surface area contributed by atoms with Gasteiger partial charge < -0.3 is 15.0 Å². The Kier molecular flexibility index (Phi) is 5.26. The van der Waals surface area contributed by atoms with Crippen LogP contribution < -0.4 is 5.32 Å². The first kappa shape index (κ1) is 18.4. The SMILES string of the molecule is COC(=O)N1CCC(NC(=O)CN2C(=O)c3ccc(Br)cc3C2=O)CC1. The zero-order valence-corrected chi connectivity index (χ0v) is 15.7. The summed E-state index contributed by atoms with van der Waals surface area (Å²) < 4.78 is 5.37. The average molecular weight is 424 g/mol. The van der Waals surface area contributed by atoms with Crippen LogP contribution in [0.1, 0.15) is 33.6 Å². The van der Waals surface area contributed by atoms with E-state index >= 15 is 0 Å². The molecule has 0 spiro atoms. The molecule has 26 heavy (non-hydrogen) atoms. The largest absolute Gasteiger partial charge is 0.453 e. The molecule has 4 amide bonds. The number of fused-ring (bicyclic) bond motifs is 1. The molecule has 2 aliphatic heterocycles. The summed E-state index contributed by atoms with van der Waals surface area (Å²) in [6.45, 7) is 0.651. The summed E-state index contributed by atoms with van der Waals surface area (Å²) in [6, 6.07) is 4.73. The highest BCUT2D eigenvalue weighted by molar-refractivity contribution is 9.10. The van der Waals surface area contributed by atoms with Crippen molar-refractivity contribution in [3.05, 3.63) is 33.8 Å². The van der Waals surface area contributed by atoms with Crippen LogP contribution in [0.15, 0.2) is 22.7 Å². The van der Waals surface area contributed by atoms with Crippen molar-refractivity contribution in [1.29, 1.82) is 0 Å². The first-order chi connectivity index (χ1) is 12.4. The molecule has 0 bridgehead atoms. The number of piperidine rings is 1. The number of methoxy groups -OCH3 is 1. The molecule has 2 aliphatic rings. The number of amides is 4. The van der Waals surface area contributed by atoms with Crippen LogP contribution in [0.4, 0.5) is 4.79 Å². The number of ether oxygens (including phenoxy) is 1. The van der Waals surface area contributed by atoms with E-state index in [4.69, 9.17) is 0 Å². The van der Waals surface area contributed by atoms with Crippen molar-refractivity contribution in [2.45, 2.75) is 18.9 Å². The summed E-state index contributed by atoms with van der Waals surface area (Å²) >= 11 is 3.27. The quantitative estimate of drug-likeness (QED) is 0.741. The van der Waals surface area contributed by atoms with Gasteiger partial charge in [0.1, 0.15) is 6.54 Å². The standard InChI is InChI=1S/C17H18BrN3O5/c1-26-17(25)20-6-4-11(5-7-20)19-14(22)9-21-15(23)12-3-2-10(18)8-13(12)16(21)24/h2-3,8,11H,4-7,9H2,1H3,(H,19,22). The molecule has 8 nitrogen and oxygen atoms in total. The van der Waals surface area contributed by atoms with Gasteiger partial charge in [0.25, 0.3) is 11.8 Å². The summed E-state index contributed by atoms with van der Waals surface area (Å²) in [5.74, 6) is -1.33. The summed E-state index contributed by atoms with van der Waals surface area (Å²) in [5.41, 5.74) is 0.598. The fourth-order valence-corrected chi connectivity index (χ4v) is 3.52. The highest BCUT2D eigenvalue weighted by Gasteiger charge is 2.37. The van der Waals surface area contributed by atoms with Crippen molar-refractivity contribution >= 4 is 39.7 Å². The van der Waals surface area contributed by atoms with Gasteiger partial charge in [-0.1, -0.05) is 15.9 Å². The second-order valence-corrected chi connectivity index (χ2v) is 7.10. The van der Waals surface area contributed by atoms with Crippen molar-refractivity contribution < 1.29 is 23.9 Å². The predicted octanol–water partition coefficient (Wildman–Crippen LogP) is 1.39. The number of nitrogens with zero attached hydrogens (tertiary/aromatic N) is 2. The molecule has 0 saturated carbocycles. The maximum absolute atomic E-state index is 12.4. The Morgan fingerprint density at radius 2 is 1.85 bits per heavy atom. The third-order valence-corrected chi connectivity index (χ3v) is 5.02. The van der Waals surface area contributed by atoms with Crippen LogP contribution in [0.25, 0.3) is 0 Å². The number of carbonyl (C=O) groups is 4. The Hall–Kier alpha value is -2.42. The second kappa shape index (κ2) is 7.45. The van der Waals surface area contributed by atoms with Gasteiger partial charge in [-0.25, -0.2) is 4.79 Å². The molecular formula is C17H18BrN3O5. The molecular weight excluding hydrogens is 406 g/mol. The van der Waals surface area contributed by atoms with Crippen LogP contribution in [0.5, 0.6) is 0 Å². The molecule has 1 aromatic rings. The molecule has 1 N–H and O–H groups in total. The maximum atomic E-state index is 12.4. The first-order valence-corrected chi connectivity index (χ1v) is 8.98. The summed E-state index contributed by atoms with van der Waals surface area (Å²) in [7, 11) is 1.33. The van der Waals surface area contributed by atoms with Crippen LogP contribution in [-0.2, 0) is 9.53 Å². The number of imide groups is 1. The highest BCUT2D eigenvalue weighted by Crippen LogP contribution is 2.25. The smallest absolute Gasteiger partial charge is 0.409 e. The minimum absolute atomic E-state index is 0.104. The zero-order valence-electron chi connectivity index (χ0n) is 14.2. The van der Waals surface area contributed by atoms with E-state index in [9.17, 15) is 19.2 Å². The number of hydrogen-bond acceptors (Lipinski definition) is 5. The van der Waals surface area contributed by atoms with Crippen LogP contribution in [0.2, 0.25) is 0 Å². The Morgan fingerprint density at radius 1 is 1.19 bits per heavy atom. The number of benzene rings is 1. The van der Waals surface area contributed by atoms with Gasteiger partial charge in [0.05, 0.1) is 18.2 Å². The summed E-state index contributed by atoms with van der Waals surface area (Å²) in [6.07, 6.45) is 0.804. The van der Waals surface area contributed by atoms with Gasteiger partial charge in [-0.2, -0.15) is 0 Å². The number of hydrogen-bond donors (Lipinski definition) is 1. The number of nitrogens with one attached hydrogen (secondary N) is 1. The van der Waals surface area contributed by atoms with Gasteiger partial charge >= 0.3 is 6.09 Å². The summed E-state index contributed by atoms with van der Waals surface area (Å²) in [4.78, 5) is 51.0. The number of likely N-dealkylation sites (tertiary alicyclic amines) is 1. The molecule has 1 saturated heterocycles. The fraction of sp³-hybridized carbons (Fsp3) is 0.412. The molecule has 2 heterocycles. The molecule has 1 aromatic carbocycles. The van der Waals surface area contributed by atoms with Crippen molar-refractivity contribution in [1.82, 2.24) is 15.1 Å². The minimum Gasteiger partial charge on any atom is -0.453 e. The van der Waals surface area contributed by atoms with Crippen LogP contribution in [-0.4, -0.2) is 66.4 Å². The normalized spacial score (nSPS) is 17.3. The molecule has 0 aliphatic carbocycles. The monoisotopic (exact) mass is 423 g/mol. The molecule has 9 heteroatoms. The fourth-order valence-electron chi connectivity index (χ4n) is 3.16. The Morgan fingerprint density at radius 3 is 2.50 bits per heavy atom. The predicted molar refractivity (Wildman–Crippen MR) is 94.7 cm³/mol. The van der Waals surface area contributed by atoms with Crippen LogP contribution >= 0.6 is 15.9 Å². The molecule has 0 atom stereocenters. The molecule has 1 fully saturated rings. The molecule has 138 valence electrons. The van der Waals surface area contributed by atoms with E-state index in [0.29, 0.717) is 41.5 Å². The third kappa shape index (κ3) is 3.57. The molecule has 3 rings (SSSR count). The van der Waals surface area contributed by atoms with Crippen LogP contribution in [0, 0.1) is 0 Å². The second-order valence-electron chi connectivity index (χ2n) is 6.19. The van der Waals surface area contributed by atoms with E-state index in [1.165, 1.54) is 7.11 Å². The van der Waals surface area contributed by atoms with Gasteiger partial charge in [0.2, 0.25) is 5.91 Å². The Bertz CT molecular complexity index is 774. The zero-order chi connectivity index (χ0) is 18.8.